The molecule has 8 nitrogen and oxygen atoms in total. The maximum atomic E-state index is 11.6. The van der Waals surface area contributed by atoms with Gasteiger partial charge < -0.3 is 0 Å². The molecule has 0 heterocycles. The third kappa shape index (κ3) is 4.22. The van der Waals surface area contributed by atoms with E-state index in [-0.39, 0.29) is 11.4 Å². The molecule has 0 amide bonds. The van der Waals surface area contributed by atoms with Crippen LogP contribution in [0.2, 0.25) is 0 Å². The lowest BCUT2D eigenvalue weighted by atomic mass is 9.78. The van der Waals surface area contributed by atoms with Crippen LogP contribution in [0.25, 0.3) is 0 Å². The lowest BCUT2D eigenvalue weighted by molar-refractivity contribution is -0.393. The summed E-state index contributed by atoms with van der Waals surface area (Å²) in [5.41, 5.74) is 0.399. The topological polar surface area (TPSA) is 111 Å². The minimum absolute atomic E-state index is 0.0715. The smallest absolute Gasteiger partial charge is 0.258 e. The highest BCUT2D eigenvalue weighted by Gasteiger charge is 2.37. The molecule has 0 aliphatic heterocycles. The van der Waals surface area contributed by atoms with Crippen molar-refractivity contribution in [2.24, 2.45) is 10.2 Å². The van der Waals surface area contributed by atoms with E-state index in [4.69, 9.17) is 5.11 Å². The molecule has 162 valence electrons. The van der Waals surface area contributed by atoms with Crippen LogP contribution < -0.4 is 0 Å². The van der Waals surface area contributed by atoms with Crippen molar-refractivity contribution in [3.05, 3.63) is 146 Å². The van der Waals surface area contributed by atoms with Crippen molar-refractivity contribution in [1.29, 1.82) is 0 Å². The number of benzene rings is 4. The summed E-state index contributed by atoms with van der Waals surface area (Å²) in [6.45, 7) is 0. The van der Waals surface area contributed by atoms with Crippen molar-refractivity contribution in [2.75, 3.05) is 0 Å². The van der Waals surface area contributed by atoms with Crippen LogP contribution in [0.5, 0.6) is 0 Å². The minimum atomic E-state index is -1.10. The lowest BCUT2D eigenvalue weighted by Crippen LogP contribution is -2.26. The number of hydrogen-bond donors (Lipinski definition) is 0. The minimum Gasteiger partial charge on any atom is -0.258 e. The summed E-state index contributed by atoms with van der Waals surface area (Å²) in [5.74, 6) is 0. The summed E-state index contributed by atoms with van der Waals surface area (Å²) in [6.07, 6.45) is 0. The second kappa shape index (κ2) is 9.19. The van der Waals surface area contributed by atoms with Gasteiger partial charge in [0.1, 0.15) is 0 Å². The number of azo groups is 1. The molecule has 0 spiro atoms. The van der Waals surface area contributed by atoms with Gasteiger partial charge >= 0.3 is 5.69 Å². The molecule has 0 bridgehead atoms. The molecule has 0 fully saturated rings. The predicted molar refractivity (Wildman–Crippen MR) is 123 cm³/mol. The highest BCUT2D eigenvalue weighted by atomic mass is 16.6. The Morgan fingerprint density at radius 2 is 1.06 bits per heavy atom. The Labute approximate surface area is 189 Å². The van der Waals surface area contributed by atoms with Gasteiger partial charge in [0.05, 0.1) is 15.9 Å². The Morgan fingerprint density at radius 3 is 1.45 bits per heavy atom. The van der Waals surface area contributed by atoms with Crippen LogP contribution in [0.15, 0.2) is 119 Å². The Morgan fingerprint density at radius 1 is 0.606 bits per heavy atom. The van der Waals surface area contributed by atoms with E-state index in [2.05, 4.69) is 5.11 Å². The standard InChI is InChI=1S/C25H18N4O4/c30-28(31)22-16-17-23(24(18-22)29(32)33)26-27-25(19-10-4-1-5-11-19,20-12-6-2-7-13-20)21-14-8-3-9-15-21/h1-18H. The maximum Gasteiger partial charge on any atom is 0.303 e. The summed E-state index contributed by atoms with van der Waals surface area (Å²) in [6, 6.07) is 31.8. The molecule has 4 aromatic rings. The molecule has 0 aliphatic rings. The highest BCUT2D eigenvalue weighted by Crippen LogP contribution is 2.42. The molecule has 8 heteroatoms. The first-order chi connectivity index (χ1) is 16.0. The van der Waals surface area contributed by atoms with Crippen LogP contribution in [0, 0.1) is 20.2 Å². The lowest BCUT2D eigenvalue weighted by Gasteiger charge is -2.30. The molecule has 4 aromatic carbocycles. The number of hydrogen-bond acceptors (Lipinski definition) is 6. The summed E-state index contributed by atoms with van der Waals surface area (Å²) >= 11 is 0. The zero-order chi connectivity index (χ0) is 23.3. The van der Waals surface area contributed by atoms with E-state index >= 15 is 0 Å². The van der Waals surface area contributed by atoms with Gasteiger partial charge in [0, 0.05) is 6.07 Å². The molecule has 0 atom stereocenters. The molecule has 0 aliphatic carbocycles. The molecule has 4 rings (SSSR count). The number of non-ortho nitro benzene ring substituents is 1. The number of nitro groups is 2. The fraction of sp³-hybridized carbons (Fsp3) is 0.0400. The van der Waals surface area contributed by atoms with Gasteiger partial charge in [-0.05, 0) is 22.8 Å². The van der Waals surface area contributed by atoms with Crippen LogP contribution in [0.4, 0.5) is 17.1 Å². The Bertz CT molecular complexity index is 1210. The molecule has 0 unspecified atom stereocenters. The van der Waals surface area contributed by atoms with Gasteiger partial charge in [0.15, 0.2) is 11.2 Å². The van der Waals surface area contributed by atoms with Crippen molar-refractivity contribution in [2.45, 2.75) is 5.54 Å². The van der Waals surface area contributed by atoms with Gasteiger partial charge in [0.2, 0.25) is 0 Å². The van der Waals surface area contributed by atoms with E-state index in [1.165, 1.54) is 12.1 Å². The SMILES string of the molecule is O=[N+]([O-])c1ccc(N=NC(c2ccccc2)(c2ccccc2)c2ccccc2)c([N+](=O)[O-])c1. The van der Waals surface area contributed by atoms with Crippen LogP contribution >= 0.6 is 0 Å². The Kier molecular flexibility index (Phi) is 5.99. The average Bonchev–Trinajstić information content (AvgIpc) is 2.86. The number of nitro benzene ring substituents is 2. The molecular weight excluding hydrogens is 420 g/mol. The number of rotatable bonds is 7. The van der Waals surface area contributed by atoms with Crippen molar-refractivity contribution in [3.8, 4) is 0 Å². The first kappa shape index (κ1) is 21.5. The van der Waals surface area contributed by atoms with Crippen molar-refractivity contribution in [3.63, 3.8) is 0 Å². The summed E-state index contributed by atoms with van der Waals surface area (Å²) in [7, 11) is 0. The van der Waals surface area contributed by atoms with Crippen molar-refractivity contribution < 1.29 is 9.85 Å². The Hall–Kier alpha value is -4.72. The maximum absolute atomic E-state index is 11.6. The summed E-state index contributed by atoms with van der Waals surface area (Å²) in [5, 5.41) is 31.7. The quantitative estimate of drug-likeness (QED) is 0.140. The second-order valence-electron chi connectivity index (χ2n) is 7.20. The van der Waals surface area contributed by atoms with Gasteiger partial charge in [0.25, 0.3) is 5.69 Å². The third-order valence-electron chi connectivity index (χ3n) is 5.25. The number of nitrogens with zero attached hydrogens (tertiary/aromatic N) is 4. The van der Waals surface area contributed by atoms with Crippen LogP contribution in [-0.2, 0) is 5.54 Å². The summed E-state index contributed by atoms with van der Waals surface area (Å²) in [4.78, 5) is 21.3. The van der Waals surface area contributed by atoms with Crippen LogP contribution in [0.1, 0.15) is 16.7 Å². The zero-order valence-electron chi connectivity index (χ0n) is 17.3. The van der Waals surface area contributed by atoms with Gasteiger partial charge in [-0.1, -0.05) is 91.0 Å². The van der Waals surface area contributed by atoms with Crippen molar-refractivity contribution >= 4 is 17.1 Å². The average molecular weight is 438 g/mol. The van der Waals surface area contributed by atoms with Gasteiger partial charge in [-0.3, -0.25) is 20.2 Å². The van der Waals surface area contributed by atoms with Gasteiger partial charge in [-0.15, -0.1) is 5.11 Å². The van der Waals surface area contributed by atoms with Crippen LogP contribution in [-0.4, -0.2) is 9.85 Å². The molecule has 0 radical (unpaired) electrons. The molecule has 0 aromatic heterocycles. The second-order valence-corrected chi connectivity index (χ2v) is 7.20. The molecule has 33 heavy (non-hydrogen) atoms. The largest absolute Gasteiger partial charge is 0.303 e. The Balaban J connectivity index is 1.98. The fourth-order valence-corrected chi connectivity index (χ4v) is 3.70. The highest BCUT2D eigenvalue weighted by molar-refractivity contribution is 5.62. The zero-order valence-corrected chi connectivity index (χ0v) is 17.3. The third-order valence-corrected chi connectivity index (χ3v) is 5.25. The summed E-state index contributed by atoms with van der Waals surface area (Å²) < 4.78 is 0. The van der Waals surface area contributed by atoms with Crippen LogP contribution in [0.3, 0.4) is 0 Å². The normalized spacial score (nSPS) is 11.4. The van der Waals surface area contributed by atoms with E-state index in [0.29, 0.717) is 0 Å². The van der Waals surface area contributed by atoms with E-state index in [0.717, 1.165) is 22.8 Å². The van der Waals surface area contributed by atoms with Gasteiger partial charge in [-0.25, -0.2) is 0 Å². The van der Waals surface area contributed by atoms with E-state index in [1.54, 1.807) is 0 Å². The van der Waals surface area contributed by atoms with Gasteiger partial charge in [-0.2, -0.15) is 5.11 Å². The molecule has 0 saturated heterocycles. The molecule has 0 saturated carbocycles. The fourth-order valence-electron chi connectivity index (χ4n) is 3.70. The van der Waals surface area contributed by atoms with E-state index in [9.17, 15) is 20.2 Å². The first-order valence-corrected chi connectivity index (χ1v) is 10.0. The van der Waals surface area contributed by atoms with E-state index in [1.807, 2.05) is 91.0 Å². The monoisotopic (exact) mass is 438 g/mol. The first-order valence-electron chi connectivity index (χ1n) is 10.0. The predicted octanol–water partition coefficient (Wildman–Crippen LogP) is 6.58. The molecular formula is C25H18N4O4. The van der Waals surface area contributed by atoms with E-state index < -0.39 is 21.1 Å². The molecule has 0 N–H and O–H groups in total. The van der Waals surface area contributed by atoms with Crippen molar-refractivity contribution in [1.82, 2.24) is 0 Å².